The van der Waals surface area contributed by atoms with E-state index >= 15 is 0 Å². The van der Waals surface area contributed by atoms with Crippen LogP contribution in [0.25, 0.3) is 10.9 Å². The molecule has 0 N–H and O–H groups in total. The van der Waals surface area contributed by atoms with Gasteiger partial charge in [-0.3, -0.25) is 14.6 Å². The Hall–Kier alpha value is -2.86. The lowest BCUT2D eigenvalue weighted by Crippen LogP contribution is -2.37. The summed E-state index contributed by atoms with van der Waals surface area (Å²) >= 11 is 6.19. The molecule has 1 aliphatic heterocycles. The van der Waals surface area contributed by atoms with Gasteiger partial charge in [0.05, 0.1) is 11.1 Å². The van der Waals surface area contributed by atoms with Crippen molar-refractivity contribution < 1.29 is 9.59 Å². The summed E-state index contributed by atoms with van der Waals surface area (Å²) in [5.41, 5.74) is 2.70. The zero-order valence-corrected chi connectivity index (χ0v) is 18.0. The Morgan fingerprint density at radius 1 is 1.13 bits per heavy atom. The Labute approximate surface area is 181 Å². The predicted octanol–water partition coefficient (Wildman–Crippen LogP) is 3.80. The highest BCUT2D eigenvalue weighted by Gasteiger charge is 2.27. The van der Waals surface area contributed by atoms with Crippen LogP contribution in [0.1, 0.15) is 34.7 Å². The minimum atomic E-state index is -0.0379. The summed E-state index contributed by atoms with van der Waals surface area (Å²) in [6.07, 6.45) is 7.29. The quantitative estimate of drug-likeness (QED) is 0.640. The van der Waals surface area contributed by atoms with Crippen LogP contribution < -0.4 is 0 Å². The molecule has 4 rings (SSSR count). The average Bonchev–Trinajstić information content (AvgIpc) is 3.11. The number of carbonyl (C=O) groups excluding carboxylic acids is 2. The number of likely N-dealkylation sites (N-methyl/N-ethyl adjacent to an activating group) is 1. The predicted molar refractivity (Wildman–Crippen MR) is 118 cm³/mol. The highest BCUT2D eigenvalue weighted by Crippen LogP contribution is 2.30. The summed E-state index contributed by atoms with van der Waals surface area (Å²) < 4.78 is 1.82. The first-order valence-electron chi connectivity index (χ1n) is 10.1. The van der Waals surface area contributed by atoms with E-state index in [4.69, 9.17) is 11.6 Å². The van der Waals surface area contributed by atoms with Crippen LogP contribution in [0.15, 0.2) is 48.9 Å². The number of halogens is 1. The Bertz CT molecular complexity index is 1070. The molecule has 30 heavy (non-hydrogen) atoms. The van der Waals surface area contributed by atoms with Crippen LogP contribution in [-0.2, 0) is 11.3 Å². The lowest BCUT2D eigenvalue weighted by molar-refractivity contribution is -0.129. The first-order valence-corrected chi connectivity index (χ1v) is 10.5. The molecule has 0 atom stereocenters. The zero-order chi connectivity index (χ0) is 21.3. The maximum absolute atomic E-state index is 13.3. The molecule has 2 aromatic heterocycles. The number of hydrogen-bond acceptors (Lipinski definition) is 3. The second-order valence-corrected chi connectivity index (χ2v) is 8.40. The van der Waals surface area contributed by atoms with E-state index in [0.29, 0.717) is 29.6 Å². The molecule has 1 fully saturated rings. The second kappa shape index (κ2) is 8.48. The Morgan fingerprint density at radius 2 is 1.83 bits per heavy atom. The Morgan fingerprint density at radius 3 is 2.50 bits per heavy atom. The van der Waals surface area contributed by atoms with Gasteiger partial charge in [-0.05, 0) is 48.6 Å². The summed E-state index contributed by atoms with van der Waals surface area (Å²) in [4.78, 5) is 33.2. The highest BCUT2D eigenvalue weighted by atomic mass is 35.5. The molecule has 156 valence electrons. The van der Waals surface area contributed by atoms with E-state index in [0.717, 1.165) is 23.7 Å². The third-order valence-electron chi connectivity index (χ3n) is 5.84. The number of benzene rings is 1. The molecular weight excluding hydrogens is 400 g/mol. The van der Waals surface area contributed by atoms with Crippen molar-refractivity contribution in [3.8, 4) is 0 Å². The van der Waals surface area contributed by atoms with Gasteiger partial charge in [-0.15, -0.1) is 0 Å². The molecule has 2 amide bonds. The molecule has 0 unspecified atom stereocenters. The number of aromatic nitrogens is 2. The average molecular weight is 425 g/mol. The normalized spacial score (nSPS) is 14.8. The first-order chi connectivity index (χ1) is 14.4. The van der Waals surface area contributed by atoms with Crippen molar-refractivity contribution in [1.82, 2.24) is 19.4 Å². The maximum Gasteiger partial charge on any atom is 0.256 e. The molecule has 0 aliphatic carbocycles. The topological polar surface area (TPSA) is 58.4 Å². The minimum Gasteiger partial charge on any atom is -0.347 e. The van der Waals surface area contributed by atoms with Crippen LogP contribution in [0.3, 0.4) is 0 Å². The zero-order valence-electron chi connectivity index (χ0n) is 17.2. The number of carbonyl (C=O) groups is 2. The van der Waals surface area contributed by atoms with Gasteiger partial charge in [0.2, 0.25) is 5.91 Å². The van der Waals surface area contributed by atoms with Gasteiger partial charge in [0.15, 0.2) is 0 Å². The van der Waals surface area contributed by atoms with Crippen molar-refractivity contribution >= 4 is 34.3 Å². The van der Waals surface area contributed by atoms with Crippen molar-refractivity contribution in [2.45, 2.75) is 25.3 Å². The van der Waals surface area contributed by atoms with E-state index in [1.165, 1.54) is 5.56 Å². The second-order valence-electron chi connectivity index (χ2n) is 7.97. The van der Waals surface area contributed by atoms with E-state index in [1.54, 1.807) is 31.3 Å². The summed E-state index contributed by atoms with van der Waals surface area (Å²) in [6.45, 7) is 1.59. The smallest absolute Gasteiger partial charge is 0.256 e. The fourth-order valence-electron chi connectivity index (χ4n) is 4.08. The van der Waals surface area contributed by atoms with E-state index in [1.807, 2.05) is 34.0 Å². The first kappa shape index (κ1) is 20.4. The molecule has 1 aliphatic rings. The molecule has 6 nitrogen and oxygen atoms in total. The third-order valence-corrected chi connectivity index (χ3v) is 6.07. The van der Waals surface area contributed by atoms with Gasteiger partial charge in [-0.25, -0.2) is 0 Å². The van der Waals surface area contributed by atoms with Crippen LogP contribution >= 0.6 is 11.6 Å². The summed E-state index contributed by atoms with van der Waals surface area (Å²) in [6, 6.07) is 9.58. The molecule has 0 saturated carbocycles. The van der Waals surface area contributed by atoms with Crippen LogP contribution in [-0.4, -0.2) is 58.4 Å². The number of fused-ring (bicyclic) bond motifs is 1. The van der Waals surface area contributed by atoms with Crippen LogP contribution in [0.5, 0.6) is 0 Å². The standard InChI is InChI=1S/C23H25ClN4O2/c1-26(2)22(29)15-28-14-20(19-4-3-18(24)13-21(19)28)23(30)27-11-7-17(8-12-27)16-5-9-25-10-6-16/h3-6,9-10,13-14,17H,7-8,11-12,15H2,1-2H3. The lowest BCUT2D eigenvalue weighted by Gasteiger charge is -2.32. The highest BCUT2D eigenvalue weighted by molar-refractivity contribution is 6.31. The molecule has 7 heteroatoms. The number of likely N-dealkylation sites (tertiary alicyclic amines) is 1. The Kier molecular flexibility index (Phi) is 5.77. The number of amides is 2. The number of hydrogen-bond donors (Lipinski definition) is 0. The van der Waals surface area contributed by atoms with Gasteiger partial charge in [0, 0.05) is 56.2 Å². The van der Waals surface area contributed by atoms with Gasteiger partial charge in [0.25, 0.3) is 5.91 Å². The molecule has 0 spiro atoms. The molecule has 1 saturated heterocycles. The number of nitrogens with zero attached hydrogens (tertiary/aromatic N) is 4. The molecular formula is C23H25ClN4O2. The lowest BCUT2D eigenvalue weighted by atomic mass is 9.90. The van der Waals surface area contributed by atoms with Crippen LogP contribution in [0.2, 0.25) is 5.02 Å². The SMILES string of the molecule is CN(C)C(=O)Cn1cc(C(=O)N2CCC(c3ccncc3)CC2)c2ccc(Cl)cc21. The molecule has 0 bridgehead atoms. The number of piperidine rings is 1. The van der Waals surface area contributed by atoms with Gasteiger partial charge in [-0.2, -0.15) is 0 Å². The summed E-state index contributed by atoms with van der Waals surface area (Å²) in [7, 11) is 3.44. The van der Waals surface area contributed by atoms with Crippen molar-refractivity contribution in [2.24, 2.45) is 0 Å². The number of pyridine rings is 1. The van der Waals surface area contributed by atoms with Gasteiger partial charge in [-0.1, -0.05) is 17.7 Å². The van der Waals surface area contributed by atoms with Crippen LogP contribution in [0.4, 0.5) is 0 Å². The third kappa shape index (κ3) is 4.05. The fourth-order valence-corrected chi connectivity index (χ4v) is 4.24. The number of rotatable bonds is 4. The van der Waals surface area contributed by atoms with Crippen LogP contribution in [0, 0.1) is 0 Å². The van der Waals surface area contributed by atoms with E-state index < -0.39 is 0 Å². The Balaban J connectivity index is 1.57. The van der Waals surface area contributed by atoms with Gasteiger partial charge >= 0.3 is 0 Å². The largest absolute Gasteiger partial charge is 0.347 e. The van der Waals surface area contributed by atoms with Crippen molar-refractivity contribution in [3.63, 3.8) is 0 Å². The monoisotopic (exact) mass is 424 g/mol. The minimum absolute atomic E-state index is 0.00607. The van der Waals surface area contributed by atoms with Gasteiger partial charge in [0.1, 0.15) is 6.54 Å². The van der Waals surface area contributed by atoms with Crippen molar-refractivity contribution in [2.75, 3.05) is 27.2 Å². The fraction of sp³-hybridized carbons (Fsp3) is 0.348. The van der Waals surface area contributed by atoms with Crippen molar-refractivity contribution in [3.05, 3.63) is 65.1 Å². The molecule has 3 heterocycles. The maximum atomic E-state index is 13.3. The summed E-state index contributed by atoms with van der Waals surface area (Å²) in [5.74, 6) is 0.422. The molecule has 3 aromatic rings. The molecule has 0 radical (unpaired) electrons. The van der Waals surface area contributed by atoms with E-state index in [-0.39, 0.29) is 18.4 Å². The van der Waals surface area contributed by atoms with E-state index in [2.05, 4.69) is 17.1 Å². The van der Waals surface area contributed by atoms with Gasteiger partial charge < -0.3 is 14.4 Å². The molecule has 1 aromatic carbocycles. The van der Waals surface area contributed by atoms with Crippen molar-refractivity contribution in [1.29, 1.82) is 0 Å². The van der Waals surface area contributed by atoms with E-state index in [9.17, 15) is 9.59 Å². The summed E-state index contributed by atoms with van der Waals surface area (Å²) in [5, 5.41) is 1.41.